The quantitative estimate of drug-likeness (QED) is 0.688. The molecule has 0 spiro atoms. The molecule has 0 saturated heterocycles. The van der Waals surface area contributed by atoms with Gasteiger partial charge in [-0.3, -0.25) is 4.79 Å². The highest BCUT2D eigenvalue weighted by Gasteiger charge is 2.16. The van der Waals surface area contributed by atoms with Crippen molar-refractivity contribution in [3.8, 4) is 16.9 Å². The van der Waals surface area contributed by atoms with Crippen LogP contribution in [0.4, 0.5) is 0 Å². The Morgan fingerprint density at radius 2 is 1.85 bits per heavy atom. The van der Waals surface area contributed by atoms with Crippen LogP contribution in [0.1, 0.15) is 26.3 Å². The number of ether oxygens (including phenoxy) is 1. The average Bonchev–Trinajstić information content (AvgIpc) is 2.48. The predicted octanol–water partition coefficient (Wildman–Crippen LogP) is 2.97. The number of hydrogen-bond acceptors (Lipinski definition) is 4. The molecular weight excluding hydrogens is 256 g/mol. The molecular formula is C16H14O4. The van der Waals surface area contributed by atoms with E-state index in [4.69, 9.17) is 0 Å². The van der Waals surface area contributed by atoms with Crippen molar-refractivity contribution >= 4 is 12.3 Å². The molecule has 0 bridgehead atoms. The molecule has 4 nitrogen and oxygen atoms in total. The van der Waals surface area contributed by atoms with E-state index < -0.39 is 5.97 Å². The third-order valence-corrected chi connectivity index (χ3v) is 3.02. The van der Waals surface area contributed by atoms with Gasteiger partial charge in [-0.15, -0.1) is 0 Å². The number of carbonyl (C=O) groups excluding carboxylic acids is 2. The second-order valence-corrected chi connectivity index (χ2v) is 4.44. The summed E-state index contributed by atoms with van der Waals surface area (Å²) in [6.07, 6.45) is 0.750. The van der Waals surface area contributed by atoms with E-state index in [0.717, 1.165) is 17.4 Å². The summed E-state index contributed by atoms with van der Waals surface area (Å²) in [5, 5.41) is 10.2. The van der Waals surface area contributed by atoms with Crippen LogP contribution in [-0.4, -0.2) is 24.5 Å². The molecule has 0 atom stereocenters. The van der Waals surface area contributed by atoms with Crippen molar-refractivity contribution < 1.29 is 19.4 Å². The maximum absolute atomic E-state index is 11.6. The maximum Gasteiger partial charge on any atom is 0.341 e. The number of benzene rings is 2. The number of aryl methyl sites for hydroxylation is 1. The predicted molar refractivity (Wildman–Crippen MR) is 75.0 cm³/mol. The highest BCUT2D eigenvalue weighted by atomic mass is 16.5. The topological polar surface area (TPSA) is 63.6 Å². The van der Waals surface area contributed by atoms with Crippen LogP contribution in [0.5, 0.6) is 5.75 Å². The third kappa shape index (κ3) is 2.54. The fourth-order valence-corrected chi connectivity index (χ4v) is 2.01. The summed E-state index contributed by atoms with van der Waals surface area (Å²) in [6, 6.07) is 10.1. The number of hydrogen-bond donors (Lipinski definition) is 1. The molecule has 0 unspecified atom stereocenters. The lowest BCUT2D eigenvalue weighted by Crippen LogP contribution is -2.03. The fraction of sp³-hybridized carbons (Fsp3) is 0.125. The third-order valence-electron chi connectivity index (χ3n) is 3.02. The molecule has 0 aromatic heterocycles. The van der Waals surface area contributed by atoms with Crippen LogP contribution in [0.3, 0.4) is 0 Å². The molecule has 2 aromatic rings. The minimum Gasteiger partial charge on any atom is -0.506 e. The van der Waals surface area contributed by atoms with Crippen molar-refractivity contribution in [2.45, 2.75) is 6.92 Å². The van der Waals surface area contributed by atoms with Crippen molar-refractivity contribution in [2.75, 3.05) is 7.11 Å². The SMILES string of the molecule is COC(=O)c1cc(C)cc(-c2ccc(C=O)cc2)c1O. The first-order valence-electron chi connectivity index (χ1n) is 6.04. The monoisotopic (exact) mass is 270 g/mol. The first-order chi connectivity index (χ1) is 9.56. The van der Waals surface area contributed by atoms with Crippen LogP contribution >= 0.6 is 0 Å². The van der Waals surface area contributed by atoms with Crippen molar-refractivity contribution in [1.29, 1.82) is 0 Å². The zero-order valence-electron chi connectivity index (χ0n) is 11.2. The van der Waals surface area contributed by atoms with Gasteiger partial charge in [0, 0.05) is 11.1 Å². The highest BCUT2D eigenvalue weighted by molar-refractivity contribution is 5.96. The summed E-state index contributed by atoms with van der Waals surface area (Å²) in [5.41, 5.74) is 2.76. The summed E-state index contributed by atoms with van der Waals surface area (Å²) in [4.78, 5) is 22.3. The Morgan fingerprint density at radius 3 is 2.40 bits per heavy atom. The van der Waals surface area contributed by atoms with Gasteiger partial charge in [0.05, 0.1) is 7.11 Å². The summed E-state index contributed by atoms with van der Waals surface area (Å²) in [6.45, 7) is 1.83. The summed E-state index contributed by atoms with van der Waals surface area (Å²) in [5.74, 6) is -0.710. The first-order valence-corrected chi connectivity index (χ1v) is 6.04. The fourth-order valence-electron chi connectivity index (χ4n) is 2.01. The number of aromatic hydroxyl groups is 1. The Balaban J connectivity index is 2.58. The van der Waals surface area contributed by atoms with Gasteiger partial charge in [-0.05, 0) is 30.2 Å². The van der Waals surface area contributed by atoms with Gasteiger partial charge in [-0.2, -0.15) is 0 Å². The Bertz CT molecular complexity index is 657. The number of phenols is 1. The smallest absolute Gasteiger partial charge is 0.341 e. The molecule has 0 aliphatic carbocycles. The Morgan fingerprint density at radius 1 is 1.20 bits per heavy atom. The molecule has 2 rings (SSSR count). The lowest BCUT2D eigenvalue weighted by molar-refractivity contribution is 0.0597. The maximum atomic E-state index is 11.6. The van der Waals surface area contributed by atoms with E-state index in [1.54, 1.807) is 36.4 Å². The van der Waals surface area contributed by atoms with E-state index in [0.29, 0.717) is 11.1 Å². The van der Waals surface area contributed by atoms with E-state index in [-0.39, 0.29) is 11.3 Å². The van der Waals surface area contributed by atoms with Gasteiger partial charge in [0.25, 0.3) is 0 Å². The van der Waals surface area contributed by atoms with E-state index in [9.17, 15) is 14.7 Å². The Kier molecular flexibility index (Phi) is 3.84. The van der Waals surface area contributed by atoms with Crippen molar-refractivity contribution in [3.63, 3.8) is 0 Å². The van der Waals surface area contributed by atoms with Gasteiger partial charge < -0.3 is 9.84 Å². The average molecular weight is 270 g/mol. The van der Waals surface area contributed by atoms with E-state index in [1.165, 1.54) is 7.11 Å². The molecule has 0 fully saturated rings. The normalized spacial score (nSPS) is 10.1. The first kappa shape index (κ1) is 13.8. The van der Waals surface area contributed by atoms with Crippen molar-refractivity contribution in [3.05, 3.63) is 53.1 Å². The van der Waals surface area contributed by atoms with E-state index in [2.05, 4.69) is 4.74 Å². The van der Waals surface area contributed by atoms with Gasteiger partial charge in [0.2, 0.25) is 0 Å². The Labute approximate surface area is 116 Å². The van der Waals surface area contributed by atoms with Gasteiger partial charge in [-0.25, -0.2) is 4.79 Å². The molecule has 0 aliphatic heterocycles. The van der Waals surface area contributed by atoms with Crippen LogP contribution in [0.2, 0.25) is 0 Å². The van der Waals surface area contributed by atoms with Gasteiger partial charge in [0.1, 0.15) is 17.6 Å². The zero-order chi connectivity index (χ0) is 14.7. The van der Waals surface area contributed by atoms with Gasteiger partial charge in [0.15, 0.2) is 0 Å². The van der Waals surface area contributed by atoms with E-state index >= 15 is 0 Å². The molecule has 2 aromatic carbocycles. The standard InChI is InChI=1S/C16H14O4/c1-10-7-13(12-5-3-11(9-17)4-6-12)15(18)14(8-10)16(19)20-2/h3-9,18H,1-2H3. The minimum absolute atomic E-state index is 0.124. The lowest BCUT2D eigenvalue weighted by atomic mass is 9.98. The van der Waals surface area contributed by atoms with E-state index in [1.807, 2.05) is 6.92 Å². The number of carbonyl (C=O) groups is 2. The summed E-state index contributed by atoms with van der Waals surface area (Å²) < 4.78 is 4.65. The molecule has 20 heavy (non-hydrogen) atoms. The van der Waals surface area contributed by atoms with Crippen LogP contribution in [-0.2, 0) is 4.74 Å². The zero-order valence-corrected chi connectivity index (χ0v) is 11.2. The Hall–Kier alpha value is -2.62. The second-order valence-electron chi connectivity index (χ2n) is 4.44. The molecule has 1 N–H and O–H groups in total. The van der Waals surface area contributed by atoms with Gasteiger partial charge in [-0.1, -0.05) is 24.3 Å². The molecule has 102 valence electrons. The summed E-state index contributed by atoms with van der Waals surface area (Å²) in [7, 11) is 1.27. The molecule has 0 saturated carbocycles. The molecule has 0 radical (unpaired) electrons. The number of methoxy groups -OCH3 is 1. The molecule has 4 heteroatoms. The van der Waals surface area contributed by atoms with Crippen LogP contribution < -0.4 is 0 Å². The van der Waals surface area contributed by atoms with Crippen LogP contribution in [0, 0.1) is 6.92 Å². The number of aldehydes is 1. The molecule has 0 amide bonds. The second kappa shape index (κ2) is 5.57. The lowest BCUT2D eigenvalue weighted by Gasteiger charge is -2.10. The highest BCUT2D eigenvalue weighted by Crippen LogP contribution is 2.34. The van der Waals surface area contributed by atoms with Gasteiger partial charge >= 0.3 is 5.97 Å². The van der Waals surface area contributed by atoms with Crippen molar-refractivity contribution in [1.82, 2.24) is 0 Å². The largest absolute Gasteiger partial charge is 0.506 e. The number of esters is 1. The summed E-state index contributed by atoms with van der Waals surface area (Å²) >= 11 is 0. The number of phenolic OH excluding ortho intramolecular Hbond substituents is 1. The minimum atomic E-state index is -0.586. The van der Waals surface area contributed by atoms with Crippen molar-refractivity contribution in [2.24, 2.45) is 0 Å². The van der Waals surface area contributed by atoms with Crippen LogP contribution in [0.15, 0.2) is 36.4 Å². The molecule has 0 heterocycles. The number of rotatable bonds is 3. The van der Waals surface area contributed by atoms with Crippen LogP contribution in [0.25, 0.3) is 11.1 Å². The molecule has 0 aliphatic rings.